The number of anilines is 1. The van der Waals surface area contributed by atoms with Crippen molar-refractivity contribution in [2.75, 3.05) is 31.1 Å². The molecule has 1 aromatic carbocycles. The molecule has 3 heterocycles. The molecule has 0 saturated carbocycles. The van der Waals surface area contributed by atoms with Gasteiger partial charge in [0.1, 0.15) is 17.6 Å². The first-order valence-electron chi connectivity index (χ1n) is 9.46. The minimum atomic E-state index is -0.706. The first-order valence-corrected chi connectivity index (χ1v) is 10.3. The first kappa shape index (κ1) is 19.3. The van der Waals surface area contributed by atoms with Gasteiger partial charge in [0.15, 0.2) is 0 Å². The van der Waals surface area contributed by atoms with Crippen molar-refractivity contribution in [3.63, 3.8) is 0 Å². The molecule has 3 aromatic rings. The Morgan fingerprint density at radius 1 is 1.07 bits per heavy atom. The number of piperazine rings is 1. The molecule has 1 unspecified atom stereocenters. The van der Waals surface area contributed by atoms with E-state index in [4.69, 9.17) is 0 Å². The first-order chi connectivity index (χ1) is 14.0. The lowest BCUT2D eigenvalue weighted by Gasteiger charge is -2.37. The number of halogens is 1. The van der Waals surface area contributed by atoms with E-state index in [1.807, 2.05) is 22.4 Å². The Morgan fingerprint density at radius 2 is 1.83 bits per heavy atom. The number of para-hydroxylation sites is 1. The topological polar surface area (TPSA) is 58.4 Å². The van der Waals surface area contributed by atoms with Crippen molar-refractivity contribution < 1.29 is 9.18 Å². The van der Waals surface area contributed by atoms with Crippen molar-refractivity contribution in [1.82, 2.24) is 14.7 Å². The summed E-state index contributed by atoms with van der Waals surface area (Å²) in [4.78, 5) is 29.9. The lowest BCUT2D eigenvalue weighted by molar-refractivity contribution is -0.135. The molecule has 29 heavy (non-hydrogen) atoms. The molecule has 1 saturated heterocycles. The molecule has 1 aliphatic heterocycles. The predicted molar refractivity (Wildman–Crippen MR) is 112 cm³/mol. The standard InChI is InChI=1S/C21H21FN4O2S/c1-15(26-20(27)9-8-17(23-26)19-7-4-14-29-19)21(28)25-12-10-24(11-13-25)18-6-3-2-5-16(18)22/h2-9,14-15H,10-13H2,1H3. The molecule has 150 valence electrons. The Hall–Kier alpha value is -3.00. The summed E-state index contributed by atoms with van der Waals surface area (Å²) in [7, 11) is 0. The van der Waals surface area contributed by atoms with Crippen LogP contribution in [-0.4, -0.2) is 46.8 Å². The van der Waals surface area contributed by atoms with Crippen molar-refractivity contribution in [2.45, 2.75) is 13.0 Å². The van der Waals surface area contributed by atoms with E-state index in [9.17, 15) is 14.0 Å². The molecule has 0 N–H and O–H groups in total. The quantitative estimate of drug-likeness (QED) is 0.661. The Balaban J connectivity index is 1.47. The van der Waals surface area contributed by atoms with Crippen LogP contribution in [-0.2, 0) is 4.79 Å². The highest BCUT2D eigenvalue weighted by atomic mass is 32.1. The van der Waals surface area contributed by atoms with Gasteiger partial charge < -0.3 is 9.80 Å². The number of carbonyl (C=O) groups excluding carboxylic acids is 1. The average molecular weight is 412 g/mol. The van der Waals surface area contributed by atoms with E-state index in [-0.39, 0.29) is 17.3 Å². The molecule has 1 fully saturated rings. The zero-order chi connectivity index (χ0) is 20.4. The summed E-state index contributed by atoms with van der Waals surface area (Å²) < 4.78 is 15.3. The van der Waals surface area contributed by atoms with Gasteiger partial charge in [0.25, 0.3) is 5.56 Å². The molecule has 0 radical (unpaired) electrons. The zero-order valence-electron chi connectivity index (χ0n) is 16.0. The van der Waals surface area contributed by atoms with Crippen LogP contribution in [0.5, 0.6) is 0 Å². The van der Waals surface area contributed by atoms with Gasteiger partial charge in [-0.25, -0.2) is 9.07 Å². The molecule has 0 bridgehead atoms. The van der Waals surface area contributed by atoms with Crippen molar-refractivity contribution >= 4 is 22.9 Å². The molecule has 1 aliphatic rings. The summed E-state index contributed by atoms with van der Waals surface area (Å²) in [5.41, 5.74) is 0.911. The van der Waals surface area contributed by atoms with E-state index in [2.05, 4.69) is 5.10 Å². The van der Waals surface area contributed by atoms with Crippen LogP contribution in [0.25, 0.3) is 10.6 Å². The maximum absolute atomic E-state index is 14.0. The Morgan fingerprint density at radius 3 is 2.52 bits per heavy atom. The lowest BCUT2D eigenvalue weighted by atomic mass is 10.2. The molecule has 0 spiro atoms. The maximum Gasteiger partial charge on any atom is 0.267 e. The van der Waals surface area contributed by atoms with Crippen molar-refractivity contribution in [1.29, 1.82) is 0 Å². The van der Waals surface area contributed by atoms with Crippen LogP contribution >= 0.6 is 11.3 Å². The number of nitrogens with zero attached hydrogens (tertiary/aromatic N) is 4. The highest BCUT2D eigenvalue weighted by Crippen LogP contribution is 2.23. The third-order valence-corrected chi connectivity index (χ3v) is 6.00. The molecule has 8 heteroatoms. The number of hydrogen-bond acceptors (Lipinski definition) is 5. The maximum atomic E-state index is 14.0. The average Bonchev–Trinajstić information content (AvgIpc) is 3.28. The largest absolute Gasteiger partial charge is 0.366 e. The van der Waals surface area contributed by atoms with Gasteiger partial charge in [-0.05, 0) is 36.6 Å². The smallest absolute Gasteiger partial charge is 0.267 e. The van der Waals surface area contributed by atoms with Crippen LogP contribution in [0.15, 0.2) is 58.7 Å². The van der Waals surface area contributed by atoms with Gasteiger partial charge in [-0.15, -0.1) is 11.3 Å². The van der Waals surface area contributed by atoms with E-state index >= 15 is 0 Å². The van der Waals surface area contributed by atoms with E-state index in [1.165, 1.54) is 28.2 Å². The highest BCUT2D eigenvalue weighted by molar-refractivity contribution is 7.13. The van der Waals surface area contributed by atoms with E-state index < -0.39 is 6.04 Å². The molecule has 1 amide bonds. The normalized spacial score (nSPS) is 15.4. The predicted octanol–water partition coefficient (Wildman–Crippen LogP) is 3.02. The molecule has 1 atom stereocenters. The number of hydrogen-bond donors (Lipinski definition) is 0. The Kier molecular flexibility index (Phi) is 5.44. The second-order valence-corrected chi connectivity index (χ2v) is 7.87. The summed E-state index contributed by atoms with van der Waals surface area (Å²) in [6.07, 6.45) is 0. The fraction of sp³-hybridized carbons (Fsp3) is 0.286. The fourth-order valence-electron chi connectivity index (χ4n) is 3.50. The molecule has 6 nitrogen and oxygen atoms in total. The lowest BCUT2D eigenvalue weighted by Crippen LogP contribution is -2.51. The SMILES string of the molecule is CC(C(=O)N1CCN(c2ccccc2F)CC1)n1nc(-c2cccs2)ccc1=O. The van der Waals surface area contributed by atoms with Gasteiger partial charge in [0.05, 0.1) is 10.6 Å². The third kappa shape index (κ3) is 3.93. The Bertz CT molecular complexity index is 1060. The minimum absolute atomic E-state index is 0.156. The van der Waals surface area contributed by atoms with Gasteiger partial charge >= 0.3 is 0 Å². The van der Waals surface area contributed by atoms with Crippen molar-refractivity contribution in [2.24, 2.45) is 0 Å². The summed E-state index contributed by atoms with van der Waals surface area (Å²) in [5, 5.41) is 6.35. The number of thiophene rings is 1. The van der Waals surface area contributed by atoms with Crippen molar-refractivity contribution in [3.8, 4) is 10.6 Å². The van der Waals surface area contributed by atoms with Crippen LogP contribution < -0.4 is 10.5 Å². The summed E-state index contributed by atoms with van der Waals surface area (Å²) >= 11 is 1.53. The van der Waals surface area contributed by atoms with Gasteiger partial charge in [-0.2, -0.15) is 5.10 Å². The van der Waals surface area contributed by atoms with E-state index in [0.717, 1.165) is 4.88 Å². The van der Waals surface area contributed by atoms with Crippen LogP contribution in [0.2, 0.25) is 0 Å². The molecule has 4 rings (SSSR count). The van der Waals surface area contributed by atoms with Crippen LogP contribution in [0.1, 0.15) is 13.0 Å². The second-order valence-electron chi connectivity index (χ2n) is 6.92. The third-order valence-electron chi connectivity index (χ3n) is 5.11. The van der Waals surface area contributed by atoms with Gasteiger partial charge in [-0.3, -0.25) is 9.59 Å². The number of rotatable bonds is 4. The van der Waals surface area contributed by atoms with Gasteiger partial charge in [0.2, 0.25) is 5.91 Å². The number of carbonyl (C=O) groups is 1. The van der Waals surface area contributed by atoms with Crippen LogP contribution in [0.4, 0.5) is 10.1 Å². The second kappa shape index (κ2) is 8.16. The fourth-order valence-corrected chi connectivity index (χ4v) is 4.19. The Labute approximate surface area is 171 Å². The summed E-state index contributed by atoms with van der Waals surface area (Å²) in [6, 6.07) is 12.9. The molecular weight excluding hydrogens is 391 g/mol. The molecular formula is C21H21FN4O2S. The zero-order valence-corrected chi connectivity index (χ0v) is 16.8. The number of benzene rings is 1. The van der Waals surface area contributed by atoms with Crippen LogP contribution in [0, 0.1) is 5.82 Å². The van der Waals surface area contributed by atoms with Crippen LogP contribution in [0.3, 0.4) is 0 Å². The highest BCUT2D eigenvalue weighted by Gasteiger charge is 2.28. The summed E-state index contributed by atoms with van der Waals surface area (Å²) in [6.45, 7) is 3.71. The number of aromatic nitrogens is 2. The minimum Gasteiger partial charge on any atom is -0.366 e. The summed E-state index contributed by atoms with van der Waals surface area (Å²) in [5.74, 6) is -0.419. The number of amides is 1. The molecule has 2 aromatic heterocycles. The molecule has 0 aliphatic carbocycles. The van der Waals surface area contributed by atoms with Gasteiger partial charge in [-0.1, -0.05) is 18.2 Å². The van der Waals surface area contributed by atoms with E-state index in [1.54, 1.807) is 36.1 Å². The van der Waals surface area contributed by atoms with Gasteiger partial charge in [0, 0.05) is 32.2 Å². The van der Waals surface area contributed by atoms with E-state index in [0.29, 0.717) is 37.6 Å². The monoisotopic (exact) mass is 412 g/mol. The van der Waals surface area contributed by atoms with Crippen molar-refractivity contribution in [3.05, 3.63) is 70.1 Å².